The van der Waals surface area contributed by atoms with Gasteiger partial charge in [0.25, 0.3) is 0 Å². The highest BCUT2D eigenvalue weighted by Gasteiger charge is 2.25. The number of hydrogen-bond donors (Lipinski definition) is 1. The van der Waals surface area contributed by atoms with E-state index in [0.717, 1.165) is 45.6 Å². The molecule has 1 atom stereocenters. The molecule has 0 saturated carbocycles. The summed E-state index contributed by atoms with van der Waals surface area (Å²) in [6.07, 6.45) is 3.67. The highest BCUT2D eigenvalue weighted by atomic mass is 35.5. The third kappa shape index (κ3) is 6.53. The van der Waals surface area contributed by atoms with Gasteiger partial charge in [-0.25, -0.2) is 0 Å². The maximum absolute atomic E-state index is 12.4. The molecule has 1 N–H and O–H groups in total. The second kappa shape index (κ2) is 11.7. The van der Waals surface area contributed by atoms with Gasteiger partial charge in [0.2, 0.25) is 11.8 Å². The van der Waals surface area contributed by atoms with E-state index in [0.29, 0.717) is 25.3 Å². The van der Waals surface area contributed by atoms with Crippen molar-refractivity contribution in [3.8, 4) is 0 Å². The van der Waals surface area contributed by atoms with Gasteiger partial charge in [-0.05, 0) is 39.7 Å². The van der Waals surface area contributed by atoms with Gasteiger partial charge >= 0.3 is 0 Å². The molecule has 0 aromatic carbocycles. The molecular weight excluding hydrogens is 302 g/mol. The summed E-state index contributed by atoms with van der Waals surface area (Å²) in [6.45, 7) is 10.3. The zero-order valence-electron chi connectivity index (χ0n) is 14.3. The number of carbonyl (C=O) groups excluding carboxylic acids is 2. The van der Waals surface area contributed by atoms with Crippen molar-refractivity contribution in [3.63, 3.8) is 0 Å². The van der Waals surface area contributed by atoms with Gasteiger partial charge in [0.1, 0.15) is 0 Å². The second-order valence-corrected chi connectivity index (χ2v) is 5.65. The van der Waals surface area contributed by atoms with E-state index in [4.69, 9.17) is 0 Å². The first-order chi connectivity index (χ1) is 10.1. The van der Waals surface area contributed by atoms with Crippen LogP contribution < -0.4 is 5.32 Å². The van der Waals surface area contributed by atoms with Crippen molar-refractivity contribution in [2.75, 3.05) is 32.7 Å². The molecule has 0 bridgehead atoms. The molecule has 1 saturated heterocycles. The van der Waals surface area contributed by atoms with Crippen LogP contribution in [0.2, 0.25) is 0 Å². The molecule has 6 heteroatoms. The zero-order valence-corrected chi connectivity index (χ0v) is 15.1. The molecule has 5 nitrogen and oxygen atoms in total. The van der Waals surface area contributed by atoms with Crippen LogP contribution in [0.25, 0.3) is 0 Å². The van der Waals surface area contributed by atoms with Crippen LogP contribution >= 0.6 is 12.4 Å². The van der Waals surface area contributed by atoms with Gasteiger partial charge in [-0.3, -0.25) is 9.59 Å². The summed E-state index contributed by atoms with van der Waals surface area (Å²) in [5.41, 5.74) is 0. The van der Waals surface area contributed by atoms with Crippen molar-refractivity contribution < 1.29 is 9.59 Å². The number of carbonyl (C=O) groups is 2. The first kappa shape index (κ1) is 21.2. The first-order valence-corrected chi connectivity index (χ1v) is 8.41. The normalized spacial score (nSPS) is 17.0. The highest BCUT2D eigenvalue weighted by molar-refractivity contribution is 5.85. The smallest absolute Gasteiger partial charge is 0.222 e. The van der Waals surface area contributed by atoms with E-state index in [1.807, 2.05) is 23.6 Å². The quantitative estimate of drug-likeness (QED) is 0.702. The summed E-state index contributed by atoms with van der Waals surface area (Å²) in [7, 11) is 0. The fourth-order valence-corrected chi connectivity index (χ4v) is 2.93. The van der Waals surface area contributed by atoms with Crippen LogP contribution in [0.5, 0.6) is 0 Å². The Morgan fingerprint density at radius 2 is 1.73 bits per heavy atom. The Labute approximate surface area is 141 Å². The summed E-state index contributed by atoms with van der Waals surface area (Å²) >= 11 is 0. The Morgan fingerprint density at radius 1 is 1.09 bits per heavy atom. The summed E-state index contributed by atoms with van der Waals surface area (Å²) in [5.74, 6) is 0.371. The number of nitrogens with zero attached hydrogens (tertiary/aromatic N) is 2. The van der Waals surface area contributed by atoms with Crippen molar-refractivity contribution in [3.05, 3.63) is 0 Å². The molecule has 0 spiro atoms. The second-order valence-electron chi connectivity index (χ2n) is 5.65. The lowest BCUT2D eigenvalue weighted by Crippen LogP contribution is -2.42. The third-order valence-electron chi connectivity index (χ3n) is 4.16. The fraction of sp³-hybridized carbons (Fsp3) is 0.875. The molecule has 1 aliphatic rings. The minimum absolute atomic E-state index is 0. The van der Waals surface area contributed by atoms with Crippen LogP contribution in [0.1, 0.15) is 52.9 Å². The van der Waals surface area contributed by atoms with Gasteiger partial charge in [-0.2, -0.15) is 0 Å². The summed E-state index contributed by atoms with van der Waals surface area (Å²) < 4.78 is 0. The maximum Gasteiger partial charge on any atom is 0.222 e. The lowest BCUT2D eigenvalue weighted by molar-refractivity contribution is -0.134. The SMILES string of the molecule is CCCN(C(=O)CCCC(=O)N(CC)CC)C1CCNC1.Cl. The Morgan fingerprint density at radius 3 is 2.23 bits per heavy atom. The first-order valence-electron chi connectivity index (χ1n) is 8.41. The Hall–Kier alpha value is -0.810. The van der Waals surface area contributed by atoms with Crippen LogP contribution in [0, 0.1) is 0 Å². The van der Waals surface area contributed by atoms with E-state index in [1.165, 1.54) is 0 Å². The molecule has 0 aromatic heterocycles. The van der Waals surface area contributed by atoms with Crippen LogP contribution in [0.4, 0.5) is 0 Å². The maximum atomic E-state index is 12.4. The van der Waals surface area contributed by atoms with Crippen molar-refractivity contribution >= 4 is 24.2 Å². The van der Waals surface area contributed by atoms with Crippen LogP contribution in [0.15, 0.2) is 0 Å². The number of rotatable bonds is 9. The molecule has 0 aliphatic carbocycles. The Bertz CT molecular complexity index is 329. The minimum atomic E-state index is 0. The standard InChI is InChI=1S/C16H31N3O2.ClH/c1-4-12-19(14-10-11-17-13-14)16(21)9-7-8-15(20)18(5-2)6-3;/h14,17H,4-13H2,1-3H3;1H. The predicted molar refractivity (Wildman–Crippen MR) is 92.3 cm³/mol. The molecule has 130 valence electrons. The topological polar surface area (TPSA) is 52.7 Å². The summed E-state index contributed by atoms with van der Waals surface area (Å²) in [5, 5.41) is 3.32. The predicted octanol–water partition coefficient (Wildman–Crippen LogP) is 2.05. The van der Waals surface area contributed by atoms with E-state index in [1.54, 1.807) is 0 Å². The van der Waals surface area contributed by atoms with E-state index in [2.05, 4.69) is 12.2 Å². The number of nitrogens with one attached hydrogen (secondary N) is 1. The van der Waals surface area contributed by atoms with Gasteiger partial charge in [0.05, 0.1) is 0 Å². The summed E-state index contributed by atoms with van der Waals surface area (Å²) in [6, 6.07) is 0.343. The Balaban J connectivity index is 0.00000441. The number of amides is 2. The molecule has 1 rings (SSSR count). The van der Waals surface area contributed by atoms with Crippen molar-refractivity contribution in [1.29, 1.82) is 0 Å². The largest absolute Gasteiger partial charge is 0.343 e. The van der Waals surface area contributed by atoms with E-state index < -0.39 is 0 Å². The molecule has 1 heterocycles. The van der Waals surface area contributed by atoms with Crippen molar-refractivity contribution in [2.45, 2.75) is 58.9 Å². The lowest BCUT2D eigenvalue weighted by atomic mass is 10.1. The molecule has 1 aliphatic heterocycles. The lowest BCUT2D eigenvalue weighted by Gasteiger charge is -2.28. The molecule has 1 fully saturated rings. The molecule has 0 aromatic rings. The van der Waals surface area contributed by atoms with Crippen LogP contribution in [-0.2, 0) is 9.59 Å². The monoisotopic (exact) mass is 333 g/mol. The fourth-order valence-electron chi connectivity index (χ4n) is 2.93. The molecule has 2 amide bonds. The average molecular weight is 334 g/mol. The third-order valence-corrected chi connectivity index (χ3v) is 4.16. The van der Waals surface area contributed by atoms with Gasteiger partial charge in [-0.1, -0.05) is 6.92 Å². The van der Waals surface area contributed by atoms with Gasteiger partial charge in [0, 0.05) is 45.1 Å². The van der Waals surface area contributed by atoms with E-state index >= 15 is 0 Å². The molecular formula is C16H32ClN3O2. The van der Waals surface area contributed by atoms with Gasteiger partial charge in [-0.15, -0.1) is 12.4 Å². The summed E-state index contributed by atoms with van der Waals surface area (Å²) in [4.78, 5) is 28.2. The van der Waals surface area contributed by atoms with Crippen molar-refractivity contribution in [2.24, 2.45) is 0 Å². The number of halogens is 1. The van der Waals surface area contributed by atoms with Crippen LogP contribution in [0.3, 0.4) is 0 Å². The molecule has 22 heavy (non-hydrogen) atoms. The van der Waals surface area contributed by atoms with E-state index in [-0.39, 0.29) is 24.2 Å². The van der Waals surface area contributed by atoms with Crippen LogP contribution in [-0.4, -0.2) is 60.4 Å². The highest BCUT2D eigenvalue weighted by Crippen LogP contribution is 2.13. The van der Waals surface area contributed by atoms with Gasteiger partial charge < -0.3 is 15.1 Å². The van der Waals surface area contributed by atoms with Crippen molar-refractivity contribution in [1.82, 2.24) is 15.1 Å². The average Bonchev–Trinajstić information content (AvgIpc) is 2.99. The van der Waals surface area contributed by atoms with Gasteiger partial charge in [0.15, 0.2) is 0 Å². The molecule has 0 radical (unpaired) electrons. The molecule has 1 unspecified atom stereocenters. The van der Waals surface area contributed by atoms with E-state index in [9.17, 15) is 9.59 Å². The Kier molecular flexibility index (Phi) is 11.3. The minimum Gasteiger partial charge on any atom is -0.343 e. The zero-order chi connectivity index (χ0) is 15.7. The number of hydrogen-bond acceptors (Lipinski definition) is 3.